The van der Waals surface area contributed by atoms with E-state index in [9.17, 15) is 4.79 Å². The second kappa shape index (κ2) is 7.93. The number of amides is 1. The molecule has 2 heterocycles. The molecule has 0 atom stereocenters. The van der Waals surface area contributed by atoms with Crippen LogP contribution in [0.25, 0.3) is 0 Å². The van der Waals surface area contributed by atoms with Gasteiger partial charge >= 0.3 is 13.2 Å². The summed E-state index contributed by atoms with van der Waals surface area (Å²) >= 11 is 0. The van der Waals surface area contributed by atoms with Crippen molar-refractivity contribution in [2.45, 2.75) is 71.8 Å². The quantitative estimate of drug-likeness (QED) is 0.728. The molecule has 29 heavy (non-hydrogen) atoms. The smallest absolute Gasteiger partial charge is 0.444 e. The first-order chi connectivity index (χ1) is 13.4. The highest BCUT2D eigenvalue weighted by molar-refractivity contribution is 6.62. The average Bonchev–Trinajstić information content (AvgIpc) is 2.82. The predicted octanol–water partition coefficient (Wildman–Crippen LogP) is 3.04. The second-order valence-corrected chi connectivity index (χ2v) is 10.1. The minimum Gasteiger partial charge on any atom is -0.444 e. The molecule has 0 aliphatic carbocycles. The van der Waals surface area contributed by atoms with E-state index in [1.807, 2.05) is 20.8 Å². The fourth-order valence-corrected chi connectivity index (χ4v) is 3.43. The summed E-state index contributed by atoms with van der Waals surface area (Å²) in [6.07, 6.45) is -0.219. The summed E-state index contributed by atoms with van der Waals surface area (Å²) in [5, 5.41) is 0. The van der Waals surface area contributed by atoms with Crippen LogP contribution in [0.1, 0.15) is 54.0 Å². The molecule has 0 aromatic heterocycles. The van der Waals surface area contributed by atoms with Gasteiger partial charge in [0.15, 0.2) is 0 Å². The zero-order chi connectivity index (χ0) is 21.4. The SMILES string of the molecule is CC(C)(C)OC(=O)N1CCN(Cc2ccc(B3OC(C)(C)C(C)(C)O3)cc2)CC1. The van der Waals surface area contributed by atoms with Gasteiger partial charge in [0.25, 0.3) is 0 Å². The molecule has 2 aliphatic heterocycles. The van der Waals surface area contributed by atoms with E-state index in [-0.39, 0.29) is 24.4 Å². The van der Waals surface area contributed by atoms with Crippen molar-refractivity contribution in [3.05, 3.63) is 29.8 Å². The van der Waals surface area contributed by atoms with Crippen LogP contribution in [0.4, 0.5) is 4.79 Å². The Labute approximate surface area is 175 Å². The number of ether oxygens (including phenoxy) is 1. The van der Waals surface area contributed by atoms with Gasteiger partial charge in [0.1, 0.15) is 5.60 Å². The number of nitrogens with zero attached hydrogens (tertiary/aromatic N) is 2. The highest BCUT2D eigenvalue weighted by atomic mass is 16.7. The highest BCUT2D eigenvalue weighted by Gasteiger charge is 2.51. The third kappa shape index (κ3) is 5.33. The van der Waals surface area contributed by atoms with E-state index in [4.69, 9.17) is 14.0 Å². The van der Waals surface area contributed by atoms with Crippen LogP contribution in [0.3, 0.4) is 0 Å². The summed E-state index contributed by atoms with van der Waals surface area (Å²) in [4.78, 5) is 16.4. The van der Waals surface area contributed by atoms with Gasteiger partial charge in [-0.2, -0.15) is 0 Å². The van der Waals surface area contributed by atoms with Gasteiger partial charge in [-0.05, 0) is 59.5 Å². The van der Waals surface area contributed by atoms with Crippen LogP contribution < -0.4 is 5.46 Å². The van der Waals surface area contributed by atoms with Crippen LogP contribution in [0.15, 0.2) is 24.3 Å². The lowest BCUT2D eigenvalue weighted by atomic mass is 9.79. The number of benzene rings is 1. The molecular formula is C22H35BN2O4. The van der Waals surface area contributed by atoms with Crippen molar-refractivity contribution in [2.75, 3.05) is 26.2 Å². The van der Waals surface area contributed by atoms with Crippen molar-refractivity contribution >= 4 is 18.7 Å². The summed E-state index contributed by atoms with van der Waals surface area (Å²) in [6, 6.07) is 8.46. The van der Waals surface area contributed by atoms with E-state index >= 15 is 0 Å². The van der Waals surface area contributed by atoms with Gasteiger partial charge in [0, 0.05) is 32.7 Å². The number of piperazine rings is 1. The maximum absolute atomic E-state index is 12.2. The normalized spacial score (nSPS) is 22.0. The molecule has 1 aromatic carbocycles. The lowest BCUT2D eigenvalue weighted by molar-refractivity contribution is 0.00578. The molecule has 160 valence electrons. The Balaban J connectivity index is 1.51. The minimum atomic E-state index is -0.451. The summed E-state index contributed by atoms with van der Waals surface area (Å²) in [6.45, 7) is 17.9. The van der Waals surface area contributed by atoms with Crippen molar-refractivity contribution < 1.29 is 18.8 Å². The molecule has 1 amide bonds. The third-order valence-corrected chi connectivity index (χ3v) is 5.94. The molecule has 2 aliphatic rings. The van der Waals surface area contributed by atoms with Gasteiger partial charge in [0.2, 0.25) is 0 Å². The molecular weight excluding hydrogens is 367 g/mol. The van der Waals surface area contributed by atoms with Gasteiger partial charge < -0.3 is 18.9 Å². The first-order valence-electron chi connectivity index (χ1n) is 10.5. The molecule has 2 saturated heterocycles. The van der Waals surface area contributed by atoms with Gasteiger partial charge in [0.05, 0.1) is 11.2 Å². The number of rotatable bonds is 3. The van der Waals surface area contributed by atoms with E-state index in [2.05, 4.69) is 56.9 Å². The fourth-order valence-electron chi connectivity index (χ4n) is 3.43. The third-order valence-electron chi connectivity index (χ3n) is 5.94. The molecule has 0 saturated carbocycles. The number of hydrogen-bond donors (Lipinski definition) is 0. The molecule has 3 rings (SSSR count). The van der Waals surface area contributed by atoms with E-state index in [1.165, 1.54) is 5.56 Å². The highest BCUT2D eigenvalue weighted by Crippen LogP contribution is 2.36. The van der Waals surface area contributed by atoms with Crippen molar-refractivity contribution in [3.63, 3.8) is 0 Å². The number of carbonyl (C=O) groups excluding carboxylic acids is 1. The van der Waals surface area contributed by atoms with Crippen molar-refractivity contribution in [2.24, 2.45) is 0 Å². The predicted molar refractivity (Wildman–Crippen MR) is 115 cm³/mol. The first kappa shape index (κ1) is 22.1. The lowest BCUT2D eigenvalue weighted by Crippen LogP contribution is -2.49. The summed E-state index contributed by atoms with van der Waals surface area (Å²) < 4.78 is 17.7. The Hall–Kier alpha value is -1.57. The summed E-state index contributed by atoms with van der Waals surface area (Å²) in [5.74, 6) is 0. The van der Waals surface area contributed by atoms with Crippen molar-refractivity contribution in [1.82, 2.24) is 9.80 Å². The molecule has 0 spiro atoms. The zero-order valence-corrected chi connectivity index (χ0v) is 18.9. The average molecular weight is 402 g/mol. The zero-order valence-electron chi connectivity index (χ0n) is 18.9. The molecule has 0 N–H and O–H groups in total. The second-order valence-electron chi connectivity index (χ2n) is 10.1. The fraction of sp³-hybridized carbons (Fsp3) is 0.682. The Kier molecular flexibility index (Phi) is 6.05. The van der Waals surface area contributed by atoms with E-state index in [1.54, 1.807) is 4.90 Å². The number of hydrogen-bond acceptors (Lipinski definition) is 5. The molecule has 2 fully saturated rings. The van der Waals surface area contributed by atoms with E-state index < -0.39 is 5.60 Å². The van der Waals surface area contributed by atoms with E-state index in [0.717, 1.165) is 25.1 Å². The Morgan fingerprint density at radius 1 is 1.00 bits per heavy atom. The van der Waals surface area contributed by atoms with Gasteiger partial charge in [-0.3, -0.25) is 4.90 Å². The summed E-state index contributed by atoms with van der Waals surface area (Å²) in [5.41, 5.74) is 1.18. The Morgan fingerprint density at radius 3 is 2.00 bits per heavy atom. The van der Waals surface area contributed by atoms with Crippen LogP contribution in [-0.2, 0) is 20.6 Å². The maximum atomic E-state index is 12.2. The molecule has 7 heteroatoms. The minimum absolute atomic E-state index is 0.219. The van der Waals surface area contributed by atoms with Crippen LogP contribution in [-0.4, -0.2) is 66.0 Å². The van der Waals surface area contributed by atoms with Crippen molar-refractivity contribution in [3.8, 4) is 0 Å². The van der Waals surface area contributed by atoms with Crippen LogP contribution in [0, 0.1) is 0 Å². The topological polar surface area (TPSA) is 51.2 Å². The van der Waals surface area contributed by atoms with E-state index in [0.29, 0.717) is 13.1 Å². The molecule has 0 radical (unpaired) electrons. The van der Waals surface area contributed by atoms with Gasteiger partial charge in [-0.25, -0.2) is 4.79 Å². The van der Waals surface area contributed by atoms with Crippen LogP contribution in [0.2, 0.25) is 0 Å². The van der Waals surface area contributed by atoms with Crippen LogP contribution in [0.5, 0.6) is 0 Å². The standard InChI is InChI=1S/C22H35BN2O4/c1-20(2,3)27-19(26)25-14-12-24(13-15-25)16-17-8-10-18(11-9-17)23-28-21(4,5)22(6,7)29-23/h8-11H,12-16H2,1-7H3. The first-order valence-corrected chi connectivity index (χ1v) is 10.5. The lowest BCUT2D eigenvalue weighted by Gasteiger charge is -2.35. The molecule has 0 bridgehead atoms. The molecule has 1 aromatic rings. The van der Waals surface area contributed by atoms with Crippen molar-refractivity contribution in [1.29, 1.82) is 0 Å². The summed E-state index contributed by atoms with van der Waals surface area (Å²) in [7, 11) is -0.327. The molecule has 0 unspecified atom stereocenters. The van der Waals surface area contributed by atoms with Gasteiger partial charge in [-0.1, -0.05) is 24.3 Å². The Morgan fingerprint density at radius 2 is 1.52 bits per heavy atom. The van der Waals surface area contributed by atoms with Gasteiger partial charge in [-0.15, -0.1) is 0 Å². The Bertz CT molecular complexity index is 703. The monoisotopic (exact) mass is 402 g/mol. The largest absolute Gasteiger partial charge is 0.494 e. The van der Waals surface area contributed by atoms with Crippen LogP contribution >= 0.6 is 0 Å². The number of carbonyl (C=O) groups is 1. The molecule has 6 nitrogen and oxygen atoms in total. The maximum Gasteiger partial charge on any atom is 0.494 e.